The van der Waals surface area contributed by atoms with Crippen molar-refractivity contribution in [1.82, 2.24) is 4.90 Å². The van der Waals surface area contributed by atoms with Crippen LogP contribution in [0.3, 0.4) is 0 Å². The third-order valence-electron chi connectivity index (χ3n) is 3.67. The molecule has 0 bridgehead atoms. The molecule has 0 aromatic rings. The molecular formula is C10H20N2. The lowest BCUT2D eigenvalue weighted by Gasteiger charge is -2.22. The van der Waals surface area contributed by atoms with Crippen molar-refractivity contribution in [3.8, 4) is 0 Å². The van der Waals surface area contributed by atoms with Crippen LogP contribution in [0.4, 0.5) is 0 Å². The van der Waals surface area contributed by atoms with Crippen LogP contribution in [0.5, 0.6) is 0 Å². The first-order chi connectivity index (χ1) is 5.68. The second-order valence-electron chi connectivity index (χ2n) is 4.71. The van der Waals surface area contributed by atoms with E-state index in [2.05, 4.69) is 18.7 Å². The van der Waals surface area contributed by atoms with Crippen LogP contribution < -0.4 is 5.73 Å². The Kier molecular flexibility index (Phi) is 2.13. The Morgan fingerprint density at radius 2 is 2.00 bits per heavy atom. The predicted molar refractivity (Wildman–Crippen MR) is 50.9 cm³/mol. The standard InChI is InChI=1S/C10H20N2/c1-7(2)12-5-8-3-4-10(11)9(8)6-12/h7-10H,3-6,11H2,1-2H3. The van der Waals surface area contributed by atoms with Crippen LogP contribution in [-0.2, 0) is 0 Å². The highest BCUT2D eigenvalue weighted by Gasteiger charge is 2.41. The molecule has 0 spiro atoms. The minimum absolute atomic E-state index is 0.499. The summed E-state index contributed by atoms with van der Waals surface area (Å²) >= 11 is 0. The maximum Gasteiger partial charge on any atom is 0.00826 e. The van der Waals surface area contributed by atoms with E-state index in [0.29, 0.717) is 12.1 Å². The van der Waals surface area contributed by atoms with E-state index in [0.717, 1.165) is 11.8 Å². The first-order valence-electron chi connectivity index (χ1n) is 5.18. The van der Waals surface area contributed by atoms with Crippen LogP contribution in [0.1, 0.15) is 26.7 Å². The number of hydrogen-bond donors (Lipinski definition) is 1. The van der Waals surface area contributed by atoms with Gasteiger partial charge in [0, 0.05) is 25.2 Å². The Balaban J connectivity index is 1.98. The van der Waals surface area contributed by atoms with E-state index in [1.165, 1.54) is 25.9 Å². The molecule has 3 unspecified atom stereocenters. The molecule has 2 fully saturated rings. The zero-order valence-electron chi connectivity index (χ0n) is 8.16. The number of nitrogens with zero attached hydrogens (tertiary/aromatic N) is 1. The van der Waals surface area contributed by atoms with Crippen LogP contribution in [0, 0.1) is 11.8 Å². The molecule has 1 saturated heterocycles. The molecule has 2 N–H and O–H groups in total. The SMILES string of the molecule is CC(C)N1CC2CCC(N)C2C1. The zero-order valence-corrected chi connectivity index (χ0v) is 8.16. The van der Waals surface area contributed by atoms with E-state index in [1.807, 2.05) is 0 Å². The molecule has 0 aromatic carbocycles. The number of hydrogen-bond acceptors (Lipinski definition) is 2. The van der Waals surface area contributed by atoms with Crippen LogP contribution in [-0.4, -0.2) is 30.1 Å². The first kappa shape index (κ1) is 8.52. The van der Waals surface area contributed by atoms with Gasteiger partial charge in [0.15, 0.2) is 0 Å². The minimum Gasteiger partial charge on any atom is -0.327 e. The molecule has 1 saturated carbocycles. The molecule has 2 aliphatic rings. The fourth-order valence-corrected chi connectivity index (χ4v) is 2.76. The summed E-state index contributed by atoms with van der Waals surface area (Å²) in [5, 5.41) is 0. The van der Waals surface area contributed by atoms with E-state index >= 15 is 0 Å². The van der Waals surface area contributed by atoms with Crippen molar-refractivity contribution in [2.75, 3.05) is 13.1 Å². The van der Waals surface area contributed by atoms with Crippen molar-refractivity contribution < 1.29 is 0 Å². The number of rotatable bonds is 1. The Hall–Kier alpha value is -0.0800. The van der Waals surface area contributed by atoms with Gasteiger partial charge in [-0.3, -0.25) is 0 Å². The van der Waals surface area contributed by atoms with Gasteiger partial charge in [0.2, 0.25) is 0 Å². The van der Waals surface area contributed by atoms with Crippen LogP contribution >= 0.6 is 0 Å². The first-order valence-corrected chi connectivity index (χ1v) is 5.18. The maximum absolute atomic E-state index is 6.06. The second kappa shape index (κ2) is 3.00. The fraction of sp³-hybridized carbons (Fsp3) is 1.00. The molecule has 0 amide bonds. The zero-order chi connectivity index (χ0) is 8.72. The van der Waals surface area contributed by atoms with Gasteiger partial charge in [-0.2, -0.15) is 0 Å². The van der Waals surface area contributed by atoms with E-state index < -0.39 is 0 Å². The molecule has 0 aromatic heterocycles. The summed E-state index contributed by atoms with van der Waals surface area (Å²) in [5.41, 5.74) is 6.06. The van der Waals surface area contributed by atoms with E-state index in [9.17, 15) is 0 Å². The van der Waals surface area contributed by atoms with Crippen LogP contribution in [0.25, 0.3) is 0 Å². The molecule has 70 valence electrons. The van der Waals surface area contributed by atoms with Gasteiger partial charge in [-0.15, -0.1) is 0 Å². The monoisotopic (exact) mass is 168 g/mol. The van der Waals surface area contributed by atoms with E-state index in [4.69, 9.17) is 5.73 Å². The molecule has 3 atom stereocenters. The molecule has 1 heterocycles. The second-order valence-corrected chi connectivity index (χ2v) is 4.71. The van der Waals surface area contributed by atoms with Gasteiger partial charge >= 0.3 is 0 Å². The number of nitrogens with two attached hydrogens (primary N) is 1. The van der Waals surface area contributed by atoms with Crippen LogP contribution in [0.2, 0.25) is 0 Å². The van der Waals surface area contributed by atoms with Crippen molar-refractivity contribution in [3.05, 3.63) is 0 Å². The summed E-state index contributed by atoms with van der Waals surface area (Å²) in [4.78, 5) is 2.58. The van der Waals surface area contributed by atoms with Gasteiger partial charge < -0.3 is 10.6 Å². The molecule has 12 heavy (non-hydrogen) atoms. The van der Waals surface area contributed by atoms with E-state index in [1.54, 1.807) is 0 Å². The van der Waals surface area contributed by atoms with Gasteiger partial charge in [-0.25, -0.2) is 0 Å². The van der Waals surface area contributed by atoms with Crippen molar-refractivity contribution in [3.63, 3.8) is 0 Å². The van der Waals surface area contributed by atoms with Crippen molar-refractivity contribution in [2.45, 2.75) is 38.8 Å². The summed E-state index contributed by atoms with van der Waals surface area (Å²) in [6.07, 6.45) is 2.64. The lowest BCUT2D eigenvalue weighted by atomic mass is 9.98. The Morgan fingerprint density at radius 1 is 1.25 bits per heavy atom. The molecule has 2 rings (SSSR count). The maximum atomic E-state index is 6.06. The molecule has 1 aliphatic carbocycles. The summed E-state index contributed by atoms with van der Waals surface area (Å²) in [6.45, 7) is 7.12. The minimum atomic E-state index is 0.499. The topological polar surface area (TPSA) is 29.3 Å². The molecule has 0 radical (unpaired) electrons. The summed E-state index contributed by atoms with van der Waals surface area (Å²) < 4.78 is 0. The van der Waals surface area contributed by atoms with Gasteiger partial charge in [0.05, 0.1) is 0 Å². The highest BCUT2D eigenvalue weighted by atomic mass is 15.2. The summed E-state index contributed by atoms with van der Waals surface area (Å²) in [7, 11) is 0. The quantitative estimate of drug-likeness (QED) is 0.634. The predicted octanol–water partition coefficient (Wildman–Crippen LogP) is 1.06. The smallest absolute Gasteiger partial charge is 0.00826 e. The average molecular weight is 168 g/mol. The van der Waals surface area contributed by atoms with Crippen molar-refractivity contribution in [1.29, 1.82) is 0 Å². The number of likely N-dealkylation sites (tertiary alicyclic amines) is 1. The highest BCUT2D eigenvalue weighted by Crippen LogP contribution is 2.37. The lowest BCUT2D eigenvalue weighted by Crippen LogP contribution is -2.33. The Morgan fingerprint density at radius 3 is 2.58 bits per heavy atom. The molecule has 2 heteroatoms. The Labute approximate surface area is 75.1 Å². The van der Waals surface area contributed by atoms with Gasteiger partial charge in [0.1, 0.15) is 0 Å². The molecular weight excluding hydrogens is 148 g/mol. The fourth-order valence-electron chi connectivity index (χ4n) is 2.76. The largest absolute Gasteiger partial charge is 0.327 e. The van der Waals surface area contributed by atoms with E-state index in [-0.39, 0.29) is 0 Å². The third-order valence-corrected chi connectivity index (χ3v) is 3.67. The van der Waals surface area contributed by atoms with Gasteiger partial charge in [-0.1, -0.05) is 0 Å². The van der Waals surface area contributed by atoms with Crippen molar-refractivity contribution >= 4 is 0 Å². The summed E-state index contributed by atoms with van der Waals surface area (Å²) in [5.74, 6) is 1.73. The van der Waals surface area contributed by atoms with Crippen molar-refractivity contribution in [2.24, 2.45) is 17.6 Å². The molecule has 2 nitrogen and oxygen atoms in total. The highest BCUT2D eigenvalue weighted by molar-refractivity contribution is 4.96. The number of fused-ring (bicyclic) bond motifs is 1. The lowest BCUT2D eigenvalue weighted by molar-refractivity contribution is 0.251. The molecule has 1 aliphatic heterocycles. The van der Waals surface area contributed by atoms with Gasteiger partial charge in [-0.05, 0) is 38.5 Å². The van der Waals surface area contributed by atoms with Gasteiger partial charge in [0.25, 0.3) is 0 Å². The average Bonchev–Trinajstić information content (AvgIpc) is 2.53. The Bertz CT molecular complexity index is 167. The third kappa shape index (κ3) is 1.27. The van der Waals surface area contributed by atoms with Crippen LogP contribution in [0.15, 0.2) is 0 Å². The normalized spacial score (nSPS) is 42.5. The summed E-state index contributed by atoms with van der Waals surface area (Å²) in [6, 6.07) is 1.21.